The maximum Gasteiger partial charge on any atom is 0.436 e. The van der Waals surface area contributed by atoms with Crippen LogP contribution in [0.5, 0.6) is 11.6 Å². The molecule has 0 bridgehead atoms. The van der Waals surface area contributed by atoms with Crippen LogP contribution < -0.4 is 9.47 Å². The van der Waals surface area contributed by atoms with Crippen LogP contribution in [0.2, 0.25) is 5.02 Å². The molecular weight excluding hydrogens is 373 g/mol. The monoisotopic (exact) mass is 384 g/mol. The lowest BCUT2D eigenvalue weighted by Crippen LogP contribution is -2.05. The third-order valence-electron chi connectivity index (χ3n) is 3.55. The number of hydrogen-bond donors (Lipinski definition) is 0. The Morgan fingerprint density at radius 1 is 1.08 bits per heavy atom. The van der Waals surface area contributed by atoms with Gasteiger partial charge in [-0.1, -0.05) is 16.8 Å². The summed E-state index contributed by atoms with van der Waals surface area (Å²) in [5, 5.41) is 7.15. The number of hydrogen-bond acceptors (Lipinski definition) is 5. The van der Waals surface area contributed by atoms with E-state index in [0.717, 1.165) is 10.9 Å². The van der Waals surface area contributed by atoms with Crippen LogP contribution >= 0.6 is 11.6 Å². The molecule has 1 aromatic carbocycles. The highest BCUT2D eigenvalue weighted by Crippen LogP contribution is 2.37. The summed E-state index contributed by atoms with van der Waals surface area (Å²) in [5.74, 6) is 0.701. The molecule has 3 aromatic rings. The highest BCUT2D eigenvalue weighted by Gasteiger charge is 2.34. The maximum atomic E-state index is 12.8. The molecule has 26 heavy (non-hydrogen) atoms. The highest BCUT2D eigenvalue weighted by molar-refractivity contribution is 6.31. The number of alkyl halides is 3. The van der Waals surface area contributed by atoms with Crippen molar-refractivity contribution in [1.82, 2.24) is 20.0 Å². The number of aromatic nitrogens is 4. The molecule has 0 aliphatic rings. The van der Waals surface area contributed by atoms with E-state index in [1.54, 1.807) is 24.3 Å². The zero-order valence-electron chi connectivity index (χ0n) is 13.6. The van der Waals surface area contributed by atoms with Crippen LogP contribution in [0, 0.1) is 0 Å². The molecule has 10 heteroatoms. The molecule has 0 atom stereocenters. The molecule has 0 unspecified atom stereocenters. The van der Waals surface area contributed by atoms with Gasteiger partial charge in [0.05, 0.1) is 32.3 Å². The van der Waals surface area contributed by atoms with Crippen LogP contribution in [0.25, 0.3) is 16.8 Å². The first-order valence-electron chi connectivity index (χ1n) is 7.21. The van der Waals surface area contributed by atoms with Crippen LogP contribution in [0.15, 0.2) is 36.7 Å². The zero-order chi connectivity index (χ0) is 18.9. The van der Waals surface area contributed by atoms with Gasteiger partial charge in [0.15, 0.2) is 5.69 Å². The summed E-state index contributed by atoms with van der Waals surface area (Å²) < 4.78 is 50.0. The molecule has 3 rings (SSSR count). The molecule has 0 fully saturated rings. The van der Waals surface area contributed by atoms with Gasteiger partial charge in [-0.15, -0.1) is 5.10 Å². The van der Waals surface area contributed by atoms with Gasteiger partial charge in [0.1, 0.15) is 5.75 Å². The van der Waals surface area contributed by atoms with E-state index in [2.05, 4.69) is 15.3 Å². The van der Waals surface area contributed by atoms with E-state index in [9.17, 15) is 13.2 Å². The van der Waals surface area contributed by atoms with Crippen molar-refractivity contribution < 1.29 is 22.6 Å². The Labute approximate surface area is 151 Å². The first kappa shape index (κ1) is 18.0. The Morgan fingerprint density at radius 2 is 1.85 bits per heavy atom. The fourth-order valence-corrected chi connectivity index (χ4v) is 2.52. The average molecular weight is 385 g/mol. The van der Waals surface area contributed by atoms with Gasteiger partial charge in [-0.2, -0.15) is 13.2 Å². The summed E-state index contributed by atoms with van der Waals surface area (Å²) in [6, 6.07) is 6.26. The summed E-state index contributed by atoms with van der Waals surface area (Å²) >= 11 is 6.09. The Balaban J connectivity index is 2.21. The summed E-state index contributed by atoms with van der Waals surface area (Å²) in [7, 11) is 2.90. The molecule has 0 amide bonds. The summed E-state index contributed by atoms with van der Waals surface area (Å²) in [4.78, 5) is 4.05. The first-order chi connectivity index (χ1) is 12.3. The third kappa shape index (κ3) is 3.43. The van der Waals surface area contributed by atoms with Crippen molar-refractivity contribution in [3.63, 3.8) is 0 Å². The standard InChI is InChI=1S/C16H12ClF3N4O2/c1-25-13-7-21-15(26-2)6-11(13)10-5-9(17)3-4-12(10)24-8-14(22-23-24)16(18,19)20/h3-8H,1-2H3. The summed E-state index contributed by atoms with van der Waals surface area (Å²) in [6.07, 6.45) is -2.35. The summed E-state index contributed by atoms with van der Waals surface area (Å²) in [6.45, 7) is 0. The van der Waals surface area contributed by atoms with Crippen molar-refractivity contribution in [3.05, 3.63) is 47.4 Å². The van der Waals surface area contributed by atoms with Gasteiger partial charge >= 0.3 is 6.18 Å². The molecule has 2 heterocycles. The molecule has 0 N–H and O–H groups in total. The van der Waals surface area contributed by atoms with Gasteiger partial charge in [0.2, 0.25) is 5.88 Å². The number of methoxy groups -OCH3 is 2. The number of halogens is 4. The lowest BCUT2D eigenvalue weighted by atomic mass is 10.0. The second-order valence-electron chi connectivity index (χ2n) is 5.13. The smallest absolute Gasteiger partial charge is 0.436 e. The molecule has 0 spiro atoms. The SMILES string of the molecule is COc1cc(-c2cc(Cl)ccc2-n2cc(C(F)(F)F)nn2)c(OC)cn1. The minimum Gasteiger partial charge on any atom is -0.494 e. The van der Waals surface area contributed by atoms with Gasteiger partial charge in [-0.25, -0.2) is 9.67 Å². The van der Waals surface area contributed by atoms with Crippen LogP contribution in [0.1, 0.15) is 5.69 Å². The van der Waals surface area contributed by atoms with Crippen molar-refractivity contribution in [2.24, 2.45) is 0 Å². The fraction of sp³-hybridized carbons (Fsp3) is 0.188. The molecule has 136 valence electrons. The minimum absolute atomic E-state index is 0.307. The molecule has 0 aliphatic heterocycles. The van der Waals surface area contributed by atoms with Crippen molar-refractivity contribution in [2.75, 3.05) is 14.2 Å². The third-order valence-corrected chi connectivity index (χ3v) is 3.79. The fourth-order valence-electron chi connectivity index (χ4n) is 2.34. The van der Waals surface area contributed by atoms with E-state index in [4.69, 9.17) is 21.1 Å². The molecule has 0 radical (unpaired) electrons. The largest absolute Gasteiger partial charge is 0.494 e. The Morgan fingerprint density at radius 3 is 2.46 bits per heavy atom. The molecule has 0 saturated heterocycles. The van der Waals surface area contributed by atoms with E-state index in [-0.39, 0.29) is 0 Å². The highest BCUT2D eigenvalue weighted by atomic mass is 35.5. The van der Waals surface area contributed by atoms with Gasteiger partial charge in [0, 0.05) is 22.2 Å². The predicted molar refractivity (Wildman–Crippen MR) is 87.7 cm³/mol. The van der Waals surface area contributed by atoms with Crippen molar-refractivity contribution in [2.45, 2.75) is 6.18 Å². The van der Waals surface area contributed by atoms with Crippen LogP contribution in [0.3, 0.4) is 0 Å². The minimum atomic E-state index is -4.59. The number of benzene rings is 1. The van der Waals surface area contributed by atoms with Crippen LogP contribution in [-0.2, 0) is 6.18 Å². The quantitative estimate of drug-likeness (QED) is 0.680. The molecule has 0 saturated carbocycles. The van der Waals surface area contributed by atoms with Gasteiger partial charge in [0.25, 0.3) is 0 Å². The molecule has 2 aromatic heterocycles. The van der Waals surface area contributed by atoms with E-state index in [1.807, 2.05) is 0 Å². The lowest BCUT2D eigenvalue weighted by Gasteiger charge is -2.14. The van der Waals surface area contributed by atoms with Gasteiger partial charge < -0.3 is 9.47 Å². The normalized spacial score (nSPS) is 11.5. The Hall–Kier alpha value is -2.81. The van der Waals surface area contributed by atoms with Crippen molar-refractivity contribution >= 4 is 11.6 Å². The topological polar surface area (TPSA) is 62.1 Å². The molecule has 0 aliphatic carbocycles. The Bertz CT molecular complexity index is 943. The Kier molecular flexibility index (Phi) is 4.73. The van der Waals surface area contributed by atoms with Gasteiger partial charge in [-0.05, 0) is 18.2 Å². The number of rotatable bonds is 4. The van der Waals surface area contributed by atoms with Gasteiger partial charge in [-0.3, -0.25) is 0 Å². The molecular formula is C16H12ClF3N4O2. The van der Waals surface area contributed by atoms with Crippen molar-refractivity contribution in [3.8, 4) is 28.4 Å². The maximum absolute atomic E-state index is 12.8. The number of ether oxygens (including phenoxy) is 2. The van der Waals surface area contributed by atoms with Crippen LogP contribution in [0.4, 0.5) is 13.2 Å². The summed E-state index contributed by atoms with van der Waals surface area (Å²) in [5.41, 5.74) is 0.246. The van der Waals surface area contributed by atoms with E-state index < -0.39 is 11.9 Å². The number of pyridine rings is 1. The second kappa shape index (κ2) is 6.83. The predicted octanol–water partition coefficient (Wildman–Crippen LogP) is 4.02. The number of nitrogens with zero attached hydrogens (tertiary/aromatic N) is 4. The first-order valence-corrected chi connectivity index (χ1v) is 7.59. The zero-order valence-corrected chi connectivity index (χ0v) is 14.3. The van der Waals surface area contributed by atoms with Crippen LogP contribution in [-0.4, -0.2) is 34.2 Å². The van der Waals surface area contributed by atoms with E-state index in [1.165, 1.54) is 20.4 Å². The average Bonchev–Trinajstić information content (AvgIpc) is 3.11. The van der Waals surface area contributed by atoms with Crippen molar-refractivity contribution in [1.29, 1.82) is 0 Å². The molecule has 6 nitrogen and oxygen atoms in total. The second-order valence-corrected chi connectivity index (χ2v) is 5.57. The van der Waals surface area contributed by atoms with E-state index >= 15 is 0 Å². The van der Waals surface area contributed by atoms with E-state index in [0.29, 0.717) is 33.5 Å². The lowest BCUT2D eigenvalue weighted by molar-refractivity contribution is -0.141.